The van der Waals surface area contributed by atoms with Crippen molar-refractivity contribution >= 4 is 22.6 Å². The summed E-state index contributed by atoms with van der Waals surface area (Å²) < 4.78 is 21.4. The smallest absolute Gasteiger partial charge is 0.321 e. The largest absolute Gasteiger partial charge is 0.386 e. The molecule has 0 amide bonds. The van der Waals surface area contributed by atoms with Crippen LogP contribution in [-0.4, -0.2) is 15.1 Å². The van der Waals surface area contributed by atoms with Crippen LogP contribution in [-0.2, 0) is 0 Å². The van der Waals surface area contributed by atoms with E-state index in [1.165, 1.54) is 0 Å². The zero-order valence-corrected chi connectivity index (χ0v) is 6.81. The minimum absolute atomic E-state index is 0.142. The monoisotopic (exact) mass is 248 g/mol. The number of halogens is 3. The minimum Gasteiger partial charge on any atom is -0.386 e. The van der Waals surface area contributed by atoms with E-state index >= 15 is 0 Å². The fourth-order valence-electron chi connectivity index (χ4n) is 0.679. The topological polar surface area (TPSA) is 20.2 Å². The summed E-state index contributed by atoms with van der Waals surface area (Å²) in [6, 6.07) is 0. The highest BCUT2D eigenvalue weighted by molar-refractivity contribution is 14.1. The molecule has 1 unspecified atom stereocenters. The Bertz CT molecular complexity index is 108. The van der Waals surface area contributed by atoms with Crippen molar-refractivity contribution in [2.45, 2.75) is 22.9 Å². The van der Waals surface area contributed by atoms with Crippen molar-refractivity contribution in [1.29, 1.82) is 0 Å². The van der Waals surface area contributed by atoms with Gasteiger partial charge in [-0.15, -0.1) is 0 Å². The molecule has 1 saturated carbocycles. The van der Waals surface area contributed by atoms with Gasteiger partial charge in [-0.2, -0.15) is 8.78 Å². The number of rotatable bonds is 2. The molecule has 0 radical (unpaired) electrons. The number of alkyl halides is 3. The summed E-state index contributed by atoms with van der Waals surface area (Å²) >= 11 is 0.975. The second-order valence-corrected chi connectivity index (χ2v) is 3.76. The van der Waals surface area contributed by atoms with Gasteiger partial charge >= 0.3 is 3.93 Å². The van der Waals surface area contributed by atoms with Crippen molar-refractivity contribution < 1.29 is 13.9 Å². The van der Waals surface area contributed by atoms with Gasteiger partial charge in [-0.1, -0.05) is 0 Å². The molecule has 0 bridgehead atoms. The Labute approximate surface area is 65.6 Å². The number of hydrogen-bond donors (Lipinski definition) is 1. The van der Waals surface area contributed by atoms with Crippen LogP contribution in [0.1, 0.15) is 12.8 Å². The zero-order valence-electron chi connectivity index (χ0n) is 4.65. The van der Waals surface area contributed by atoms with Gasteiger partial charge in [0.1, 0.15) is 6.10 Å². The Kier molecular flexibility index (Phi) is 1.96. The van der Waals surface area contributed by atoms with E-state index in [-0.39, 0.29) is 5.92 Å². The van der Waals surface area contributed by atoms with Crippen molar-refractivity contribution in [2.24, 2.45) is 5.92 Å². The van der Waals surface area contributed by atoms with Crippen molar-refractivity contribution in [3.63, 3.8) is 0 Å². The zero-order chi connectivity index (χ0) is 7.07. The lowest BCUT2D eigenvalue weighted by atomic mass is 10.2. The van der Waals surface area contributed by atoms with E-state index < -0.39 is 10.0 Å². The van der Waals surface area contributed by atoms with Gasteiger partial charge in [-0.25, -0.2) is 0 Å². The average molecular weight is 248 g/mol. The highest BCUT2D eigenvalue weighted by Gasteiger charge is 2.45. The number of hydrogen-bond acceptors (Lipinski definition) is 1. The first kappa shape index (κ1) is 7.65. The molecule has 4 heteroatoms. The quantitative estimate of drug-likeness (QED) is 0.583. The molecule has 0 heterocycles. The van der Waals surface area contributed by atoms with Crippen LogP contribution in [0.4, 0.5) is 8.78 Å². The van der Waals surface area contributed by atoms with Crippen LogP contribution in [0.2, 0.25) is 0 Å². The predicted octanol–water partition coefficient (Wildman–Crippen LogP) is 1.79. The number of aliphatic hydroxyl groups is 1. The average Bonchev–Trinajstić information content (AvgIpc) is 2.40. The lowest BCUT2D eigenvalue weighted by Crippen LogP contribution is -2.28. The molecule has 0 aliphatic heterocycles. The van der Waals surface area contributed by atoms with Gasteiger partial charge in [0.2, 0.25) is 0 Å². The Morgan fingerprint density at radius 1 is 1.56 bits per heavy atom. The molecule has 1 atom stereocenters. The van der Waals surface area contributed by atoms with Crippen LogP contribution < -0.4 is 0 Å². The van der Waals surface area contributed by atoms with Crippen molar-refractivity contribution in [3.8, 4) is 0 Å². The molecule has 1 nitrogen and oxygen atoms in total. The highest BCUT2D eigenvalue weighted by atomic mass is 127. The van der Waals surface area contributed by atoms with Gasteiger partial charge in [0.05, 0.1) is 0 Å². The maximum atomic E-state index is 12.1. The lowest BCUT2D eigenvalue weighted by Gasteiger charge is -2.14. The third-order valence-electron chi connectivity index (χ3n) is 1.40. The Morgan fingerprint density at radius 3 is 2.11 bits per heavy atom. The summed E-state index contributed by atoms with van der Waals surface area (Å²) in [6.07, 6.45) is 0.0811. The van der Waals surface area contributed by atoms with Gasteiger partial charge in [-0.3, -0.25) is 0 Å². The molecular formula is C5H7F2IO. The molecule has 0 aromatic rings. The molecule has 0 saturated heterocycles. The molecule has 1 N–H and O–H groups in total. The fraction of sp³-hybridized carbons (Fsp3) is 1.00. The van der Waals surface area contributed by atoms with Crippen LogP contribution in [0.25, 0.3) is 0 Å². The summed E-state index contributed by atoms with van der Waals surface area (Å²) in [5, 5.41) is 8.77. The molecule has 1 aliphatic rings. The molecule has 54 valence electrons. The van der Waals surface area contributed by atoms with E-state index in [0.717, 1.165) is 35.4 Å². The summed E-state index contributed by atoms with van der Waals surface area (Å²) in [6.45, 7) is 0. The SMILES string of the molecule is OC(C1CC1)C(F)(F)I. The minimum atomic E-state index is -2.93. The summed E-state index contributed by atoms with van der Waals surface area (Å²) in [7, 11) is 0. The Morgan fingerprint density at radius 2 is 2.00 bits per heavy atom. The molecule has 1 rings (SSSR count). The molecule has 0 spiro atoms. The van der Waals surface area contributed by atoms with Crippen LogP contribution >= 0.6 is 22.6 Å². The highest BCUT2D eigenvalue weighted by Crippen LogP contribution is 2.42. The van der Waals surface area contributed by atoms with Crippen molar-refractivity contribution in [3.05, 3.63) is 0 Å². The maximum absolute atomic E-state index is 12.1. The first-order chi connectivity index (χ1) is 4.02. The third-order valence-corrected chi connectivity index (χ3v) is 2.04. The Balaban J connectivity index is 2.40. The Hall–Kier alpha value is 0.550. The molecule has 1 fully saturated rings. The number of aliphatic hydroxyl groups excluding tert-OH is 1. The first-order valence-electron chi connectivity index (χ1n) is 2.76. The van der Waals surface area contributed by atoms with Crippen molar-refractivity contribution in [1.82, 2.24) is 0 Å². The van der Waals surface area contributed by atoms with E-state index in [9.17, 15) is 8.78 Å². The van der Waals surface area contributed by atoms with Crippen LogP contribution in [0.3, 0.4) is 0 Å². The van der Waals surface area contributed by atoms with Gasteiger partial charge in [0.25, 0.3) is 0 Å². The second-order valence-electron chi connectivity index (χ2n) is 2.32. The fourth-order valence-corrected chi connectivity index (χ4v) is 1.19. The van der Waals surface area contributed by atoms with Gasteiger partial charge in [-0.05, 0) is 18.8 Å². The lowest BCUT2D eigenvalue weighted by molar-refractivity contribution is -0.0310. The van der Waals surface area contributed by atoms with Gasteiger partial charge in [0.15, 0.2) is 0 Å². The van der Waals surface area contributed by atoms with E-state index in [0.29, 0.717) is 0 Å². The molecule has 0 aromatic heterocycles. The first-order valence-corrected chi connectivity index (χ1v) is 3.84. The summed E-state index contributed by atoms with van der Waals surface area (Å²) in [4.78, 5) is 0. The summed E-state index contributed by atoms with van der Waals surface area (Å²) in [5.41, 5.74) is 0. The maximum Gasteiger partial charge on any atom is 0.321 e. The van der Waals surface area contributed by atoms with E-state index in [1.54, 1.807) is 0 Å². The van der Waals surface area contributed by atoms with Gasteiger partial charge in [0, 0.05) is 22.6 Å². The van der Waals surface area contributed by atoms with E-state index in [2.05, 4.69) is 0 Å². The predicted molar refractivity (Wildman–Crippen MR) is 37.7 cm³/mol. The van der Waals surface area contributed by atoms with Crippen LogP contribution in [0, 0.1) is 5.92 Å². The third kappa shape index (κ3) is 2.00. The van der Waals surface area contributed by atoms with Crippen LogP contribution in [0.5, 0.6) is 0 Å². The molecule has 0 aromatic carbocycles. The second kappa shape index (κ2) is 2.30. The summed E-state index contributed by atoms with van der Waals surface area (Å²) in [5.74, 6) is -0.142. The van der Waals surface area contributed by atoms with Crippen molar-refractivity contribution in [2.75, 3.05) is 0 Å². The molecule has 1 aliphatic carbocycles. The van der Waals surface area contributed by atoms with E-state index in [1.807, 2.05) is 0 Å². The standard InChI is InChI=1S/C5H7F2IO/c6-5(7,8)4(9)3-1-2-3/h3-4,9H,1-2H2. The molecule has 9 heavy (non-hydrogen) atoms. The van der Waals surface area contributed by atoms with Crippen LogP contribution in [0.15, 0.2) is 0 Å². The normalized spacial score (nSPS) is 24.0. The van der Waals surface area contributed by atoms with Gasteiger partial charge < -0.3 is 5.11 Å². The van der Waals surface area contributed by atoms with E-state index in [4.69, 9.17) is 5.11 Å². The molecular weight excluding hydrogens is 241 g/mol.